The van der Waals surface area contributed by atoms with Crippen molar-refractivity contribution < 1.29 is 19.8 Å². The molecular weight excluding hydrogens is 428 g/mol. The molecule has 0 spiro atoms. The summed E-state index contributed by atoms with van der Waals surface area (Å²) in [6.45, 7) is 0. The number of hydrogen-bond donors (Lipinski definition) is 2. The maximum absolute atomic E-state index is 12.3. The van der Waals surface area contributed by atoms with Crippen molar-refractivity contribution in [1.82, 2.24) is 0 Å². The number of ketones is 1. The van der Waals surface area contributed by atoms with Gasteiger partial charge in [-0.25, -0.2) is 0 Å². The molecule has 0 saturated heterocycles. The highest BCUT2D eigenvalue weighted by molar-refractivity contribution is 8.01. The van der Waals surface area contributed by atoms with Gasteiger partial charge in [-0.1, -0.05) is 54.6 Å². The van der Waals surface area contributed by atoms with Crippen molar-refractivity contribution in [2.75, 3.05) is 17.3 Å². The van der Waals surface area contributed by atoms with E-state index in [0.717, 1.165) is 30.8 Å². The number of aliphatic carboxylic acids is 1. The van der Waals surface area contributed by atoms with E-state index >= 15 is 0 Å². The van der Waals surface area contributed by atoms with Gasteiger partial charge >= 0.3 is 5.97 Å². The highest BCUT2D eigenvalue weighted by Crippen LogP contribution is 2.34. The number of carboxylic acid groups (broad SMARTS) is 1. The molecule has 0 aliphatic heterocycles. The smallest absolute Gasteiger partial charge is 0.313 e. The third-order valence-electron chi connectivity index (χ3n) is 5.51. The summed E-state index contributed by atoms with van der Waals surface area (Å²) in [4.78, 5) is 22.8. The van der Waals surface area contributed by atoms with Crippen molar-refractivity contribution in [3.8, 4) is 0 Å². The summed E-state index contributed by atoms with van der Waals surface area (Å²) in [5, 5.41) is 21.5. The van der Waals surface area contributed by atoms with Gasteiger partial charge in [-0.2, -0.15) is 11.8 Å². The molecule has 6 heteroatoms. The molecule has 3 rings (SSSR count). The van der Waals surface area contributed by atoms with E-state index < -0.39 is 12.1 Å². The average molecular weight is 459 g/mol. The van der Waals surface area contributed by atoms with E-state index in [1.807, 2.05) is 24.3 Å². The number of aliphatic hydroxyl groups is 1. The maximum atomic E-state index is 12.3. The Labute approximate surface area is 192 Å². The minimum atomic E-state index is -0.784. The van der Waals surface area contributed by atoms with Crippen molar-refractivity contribution in [3.63, 3.8) is 0 Å². The number of carboxylic acids is 1. The van der Waals surface area contributed by atoms with E-state index in [2.05, 4.69) is 30.3 Å². The first-order chi connectivity index (χ1) is 15.0. The standard InChI is InChI=1S/C25H30O4S2/c26-22(11-7-18-6-8-19-4-1-2-5-21(19)16-18)12-9-20-10-13-23(27)25(20)31-15-3-14-30-17-24(28)29/h1-2,4-6,8-9,12,16,20,22,25-26H,3,7,10-11,13-15,17H2,(H,28,29)/t20-,22+,25+/m0/s1. The quantitative estimate of drug-likeness (QED) is 0.345. The molecule has 1 aliphatic carbocycles. The highest BCUT2D eigenvalue weighted by Gasteiger charge is 2.33. The molecule has 3 atom stereocenters. The fraction of sp³-hybridized carbons (Fsp3) is 0.440. The summed E-state index contributed by atoms with van der Waals surface area (Å²) in [5.74, 6) is 1.48. The molecule has 2 N–H and O–H groups in total. The van der Waals surface area contributed by atoms with Crippen molar-refractivity contribution >= 4 is 46.0 Å². The SMILES string of the molecule is O=C(O)CSCCCS[C@H]1C(=O)CC[C@@H]1C=C[C@H](O)CCc1ccc2ccccc2c1. The fourth-order valence-electron chi connectivity index (χ4n) is 3.86. The van der Waals surface area contributed by atoms with Crippen LogP contribution in [-0.4, -0.2) is 50.6 Å². The molecule has 2 aromatic rings. The minimum absolute atomic E-state index is 0.0339. The Hall–Kier alpha value is -1.76. The van der Waals surface area contributed by atoms with Crippen LogP contribution < -0.4 is 0 Å². The molecule has 0 amide bonds. The van der Waals surface area contributed by atoms with Gasteiger partial charge in [-0.05, 0) is 59.4 Å². The molecule has 0 bridgehead atoms. The van der Waals surface area contributed by atoms with Crippen LogP contribution in [0.1, 0.15) is 31.2 Å². The molecule has 166 valence electrons. The van der Waals surface area contributed by atoms with Crippen LogP contribution >= 0.6 is 23.5 Å². The Balaban J connectivity index is 1.42. The minimum Gasteiger partial charge on any atom is -0.481 e. The third kappa shape index (κ3) is 7.70. The second-order valence-corrected chi connectivity index (χ2v) is 10.3. The summed E-state index contributed by atoms with van der Waals surface area (Å²) < 4.78 is 0. The van der Waals surface area contributed by atoms with E-state index in [9.17, 15) is 14.7 Å². The van der Waals surface area contributed by atoms with Gasteiger partial charge in [0.25, 0.3) is 0 Å². The second-order valence-electron chi connectivity index (χ2n) is 7.93. The molecule has 0 radical (unpaired) electrons. The number of thioether (sulfide) groups is 2. The highest BCUT2D eigenvalue weighted by atomic mass is 32.2. The second kappa shape index (κ2) is 12.3. The fourth-order valence-corrected chi connectivity index (χ4v) is 6.05. The van der Waals surface area contributed by atoms with Crippen LogP contribution in [0.15, 0.2) is 54.6 Å². The summed E-state index contributed by atoms with van der Waals surface area (Å²) in [6.07, 6.45) is 7.21. The zero-order chi connectivity index (χ0) is 22.1. The average Bonchev–Trinajstić information content (AvgIpc) is 3.12. The van der Waals surface area contributed by atoms with Crippen LogP contribution in [-0.2, 0) is 16.0 Å². The van der Waals surface area contributed by atoms with E-state index in [1.54, 1.807) is 11.8 Å². The predicted molar refractivity (Wildman–Crippen MR) is 131 cm³/mol. The van der Waals surface area contributed by atoms with Crippen LogP contribution in [0.5, 0.6) is 0 Å². The van der Waals surface area contributed by atoms with Crippen molar-refractivity contribution in [3.05, 3.63) is 60.2 Å². The largest absolute Gasteiger partial charge is 0.481 e. The molecule has 4 nitrogen and oxygen atoms in total. The number of benzene rings is 2. The third-order valence-corrected chi connectivity index (χ3v) is 8.03. The van der Waals surface area contributed by atoms with Crippen LogP contribution in [0.25, 0.3) is 10.8 Å². The molecule has 0 heterocycles. The molecule has 1 aliphatic rings. The molecule has 1 fully saturated rings. The number of aliphatic hydroxyl groups excluding tert-OH is 1. The number of rotatable bonds is 12. The Morgan fingerprint density at radius 3 is 2.77 bits per heavy atom. The summed E-state index contributed by atoms with van der Waals surface area (Å²) in [6, 6.07) is 14.7. The van der Waals surface area contributed by atoms with Crippen LogP contribution in [0.4, 0.5) is 0 Å². The lowest BCUT2D eigenvalue weighted by molar-refractivity contribution is -0.133. The number of hydrogen-bond acceptors (Lipinski definition) is 5. The van der Waals surface area contributed by atoms with E-state index in [0.29, 0.717) is 18.6 Å². The number of fused-ring (bicyclic) bond motifs is 1. The molecular formula is C25H30O4S2. The first-order valence-corrected chi connectivity index (χ1v) is 13.0. The number of allylic oxidation sites excluding steroid dienone is 1. The van der Waals surface area contributed by atoms with Gasteiger partial charge in [0.05, 0.1) is 17.1 Å². The summed E-state index contributed by atoms with van der Waals surface area (Å²) >= 11 is 3.10. The molecule has 0 aromatic heterocycles. The van der Waals surface area contributed by atoms with Gasteiger partial charge < -0.3 is 10.2 Å². The number of carbonyl (C=O) groups is 2. The summed E-state index contributed by atoms with van der Waals surface area (Å²) in [7, 11) is 0. The maximum Gasteiger partial charge on any atom is 0.313 e. The molecule has 1 saturated carbocycles. The number of aryl methyl sites for hydroxylation is 1. The van der Waals surface area contributed by atoms with Crippen molar-refractivity contribution in [2.45, 2.75) is 43.5 Å². The monoisotopic (exact) mass is 458 g/mol. The van der Waals surface area contributed by atoms with Crippen LogP contribution in [0, 0.1) is 5.92 Å². The van der Waals surface area contributed by atoms with Gasteiger partial charge in [0.1, 0.15) is 5.78 Å². The van der Waals surface area contributed by atoms with Gasteiger partial charge in [0.2, 0.25) is 0 Å². The lowest BCUT2D eigenvalue weighted by Crippen LogP contribution is -2.17. The first-order valence-electron chi connectivity index (χ1n) is 10.8. The van der Waals surface area contributed by atoms with Crippen molar-refractivity contribution in [2.24, 2.45) is 5.92 Å². The van der Waals surface area contributed by atoms with Gasteiger partial charge in [-0.3, -0.25) is 9.59 Å². The Bertz CT molecular complexity index is 911. The Morgan fingerprint density at radius 2 is 1.97 bits per heavy atom. The molecule has 0 unspecified atom stereocenters. The van der Waals surface area contributed by atoms with Crippen molar-refractivity contribution in [1.29, 1.82) is 0 Å². The van der Waals surface area contributed by atoms with Gasteiger partial charge in [0, 0.05) is 6.42 Å². The van der Waals surface area contributed by atoms with E-state index in [-0.39, 0.29) is 16.9 Å². The Morgan fingerprint density at radius 1 is 1.16 bits per heavy atom. The van der Waals surface area contributed by atoms with E-state index in [4.69, 9.17) is 5.11 Å². The zero-order valence-corrected chi connectivity index (χ0v) is 19.2. The van der Waals surface area contributed by atoms with Gasteiger partial charge in [-0.15, -0.1) is 11.8 Å². The van der Waals surface area contributed by atoms with Crippen LogP contribution in [0.2, 0.25) is 0 Å². The molecule has 2 aromatic carbocycles. The predicted octanol–water partition coefficient (Wildman–Crippen LogP) is 4.98. The number of Topliss-reactive ketones (excluding diaryl/α,β-unsaturated/α-hetero) is 1. The lowest BCUT2D eigenvalue weighted by atomic mass is 10.0. The topological polar surface area (TPSA) is 74.6 Å². The normalized spacial score (nSPS) is 20.0. The first kappa shape index (κ1) is 23.9. The van der Waals surface area contributed by atoms with E-state index in [1.165, 1.54) is 28.1 Å². The zero-order valence-electron chi connectivity index (χ0n) is 17.6. The lowest BCUT2D eigenvalue weighted by Gasteiger charge is -2.15. The molecule has 31 heavy (non-hydrogen) atoms. The Kier molecular flexibility index (Phi) is 9.50. The summed E-state index contributed by atoms with van der Waals surface area (Å²) in [5.41, 5.74) is 1.22. The van der Waals surface area contributed by atoms with Gasteiger partial charge in [0.15, 0.2) is 0 Å². The van der Waals surface area contributed by atoms with Crippen LogP contribution in [0.3, 0.4) is 0 Å². The number of carbonyl (C=O) groups excluding carboxylic acids is 1.